The first-order valence-electron chi connectivity index (χ1n) is 5.59. The molecule has 1 unspecified atom stereocenters. The van der Waals surface area contributed by atoms with E-state index in [9.17, 15) is 0 Å². The Labute approximate surface area is 97.7 Å². The van der Waals surface area contributed by atoms with Crippen LogP contribution in [0.5, 0.6) is 0 Å². The molecular weight excluding hydrogens is 202 g/mol. The smallest absolute Gasteiger partial charge is 0.0208 e. The first-order chi connectivity index (χ1) is 7.22. The van der Waals surface area contributed by atoms with Gasteiger partial charge in [0.15, 0.2) is 0 Å². The molecule has 0 bridgehead atoms. The maximum Gasteiger partial charge on any atom is 0.0208 e. The summed E-state index contributed by atoms with van der Waals surface area (Å²) in [6, 6.07) is 9.32. The Hall–Kier alpha value is -0.470. The van der Waals surface area contributed by atoms with Crippen molar-refractivity contribution in [3.8, 4) is 0 Å². The van der Waals surface area contributed by atoms with Gasteiger partial charge in [0.2, 0.25) is 0 Å². The quantitative estimate of drug-likeness (QED) is 0.794. The fraction of sp³-hybridized carbons (Fsp3) is 0.538. The molecule has 0 saturated carbocycles. The van der Waals surface area contributed by atoms with E-state index >= 15 is 0 Å². The van der Waals surface area contributed by atoms with E-state index in [-0.39, 0.29) is 0 Å². The molecule has 0 radical (unpaired) electrons. The average molecular weight is 223 g/mol. The van der Waals surface area contributed by atoms with Gasteiger partial charge in [-0.15, -0.1) is 0 Å². The zero-order valence-electron chi connectivity index (χ0n) is 9.92. The van der Waals surface area contributed by atoms with Crippen molar-refractivity contribution in [2.75, 3.05) is 11.5 Å². The third-order valence-electron chi connectivity index (χ3n) is 2.35. The Bertz CT molecular complexity index is 268. The molecular formula is C13H21NS. The van der Waals surface area contributed by atoms with Gasteiger partial charge in [0.25, 0.3) is 0 Å². The summed E-state index contributed by atoms with van der Waals surface area (Å²) in [6.07, 6.45) is 0. The van der Waals surface area contributed by atoms with Crippen LogP contribution in [0.2, 0.25) is 0 Å². The number of nitrogens with one attached hydrogen (secondary N) is 1. The number of rotatable bonds is 6. The Morgan fingerprint density at radius 2 is 1.93 bits per heavy atom. The largest absolute Gasteiger partial charge is 0.309 e. The van der Waals surface area contributed by atoms with E-state index in [0.717, 1.165) is 6.54 Å². The number of hydrogen-bond donors (Lipinski definition) is 1. The first-order valence-corrected chi connectivity index (χ1v) is 6.74. The lowest BCUT2D eigenvalue weighted by atomic mass is 10.1. The predicted octanol–water partition coefficient (Wildman–Crippen LogP) is 3.23. The highest BCUT2D eigenvalue weighted by molar-refractivity contribution is 7.99. The lowest BCUT2D eigenvalue weighted by Crippen LogP contribution is -2.27. The normalized spacial score (nSPS) is 12.7. The summed E-state index contributed by atoms with van der Waals surface area (Å²) in [5, 5.41) is 3.53. The minimum atomic E-state index is 0.594. The topological polar surface area (TPSA) is 12.0 Å². The molecule has 15 heavy (non-hydrogen) atoms. The molecule has 0 saturated heterocycles. The SMILES string of the molecule is CCSCC(C)NCc1ccc(C)cc1. The maximum absolute atomic E-state index is 3.53. The third kappa shape index (κ3) is 5.24. The van der Waals surface area contributed by atoms with E-state index < -0.39 is 0 Å². The predicted molar refractivity (Wildman–Crippen MR) is 70.5 cm³/mol. The van der Waals surface area contributed by atoms with Gasteiger partial charge in [-0.2, -0.15) is 11.8 Å². The van der Waals surface area contributed by atoms with Gasteiger partial charge < -0.3 is 5.32 Å². The minimum Gasteiger partial charge on any atom is -0.309 e. The molecule has 1 nitrogen and oxygen atoms in total. The number of hydrogen-bond acceptors (Lipinski definition) is 2. The summed E-state index contributed by atoms with van der Waals surface area (Å²) < 4.78 is 0. The van der Waals surface area contributed by atoms with Crippen LogP contribution in [-0.2, 0) is 6.54 Å². The van der Waals surface area contributed by atoms with Crippen LogP contribution < -0.4 is 5.32 Å². The molecule has 0 fully saturated rings. The number of aryl methyl sites for hydroxylation is 1. The molecule has 0 spiro atoms. The van der Waals surface area contributed by atoms with Gasteiger partial charge in [-0.05, 0) is 25.2 Å². The van der Waals surface area contributed by atoms with Crippen molar-refractivity contribution in [2.45, 2.75) is 33.4 Å². The lowest BCUT2D eigenvalue weighted by Gasteiger charge is -2.12. The van der Waals surface area contributed by atoms with Gasteiger partial charge in [0, 0.05) is 18.3 Å². The molecule has 0 aliphatic carbocycles. The lowest BCUT2D eigenvalue weighted by molar-refractivity contribution is 0.596. The maximum atomic E-state index is 3.53. The average Bonchev–Trinajstić information content (AvgIpc) is 2.25. The highest BCUT2D eigenvalue weighted by atomic mass is 32.2. The summed E-state index contributed by atoms with van der Waals surface area (Å²) in [5.74, 6) is 2.40. The van der Waals surface area contributed by atoms with E-state index in [1.165, 1.54) is 22.6 Å². The Balaban J connectivity index is 2.27. The summed E-state index contributed by atoms with van der Waals surface area (Å²) in [7, 11) is 0. The Kier molecular flexibility index (Phi) is 5.81. The second-order valence-electron chi connectivity index (χ2n) is 3.93. The molecule has 1 aromatic rings. The van der Waals surface area contributed by atoms with Crippen LogP contribution >= 0.6 is 11.8 Å². The molecule has 84 valence electrons. The molecule has 1 aromatic carbocycles. The van der Waals surface area contributed by atoms with E-state index in [4.69, 9.17) is 0 Å². The summed E-state index contributed by atoms with van der Waals surface area (Å²) in [4.78, 5) is 0. The van der Waals surface area contributed by atoms with Crippen LogP contribution in [-0.4, -0.2) is 17.5 Å². The second-order valence-corrected chi connectivity index (χ2v) is 5.25. The highest BCUT2D eigenvalue weighted by Gasteiger charge is 2.00. The fourth-order valence-corrected chi connectivity index (χ4v) is 2.06. The molecule has 0 amide bonds. The molecule has 1 atom stereocenters. The van der Waals surface area contributed by atoms with Crippen molar-refractivity contribution in [1.29, 1.82) is 0 Å². The molecule has 2 heteroatoms. The monoisotopic (exact) mass is 223 g/mol. The Morgan fingerprint density at radius 1 is 1.27 bits per heavy atom. The van der Waals surface area contributed by atoms with Gasteiger partial charge in [-0.25, -0.2) is 0 Å². The van der Waals surface area contributed by atoms with E-state index in [2.05, 4.69) is 50.4 Å². The van der Waals surface area contributed by atoms with Gasteiger partial charge >= 0.3 is 0 Å². The van der Waals surface area contributed by atoms with Crippen LogP contribution in [0.1, 0.15) is 25.0 Å². The zero-order valence-corrected chi connectivity index (χ0v) is 10.7. The van der Waals surface area contributed by atoms with Crippen molar-refractivity contribution in [3.05, 3.63) is 35.4 Å². The van der Waals surface area contributed by atoms with Crippen LogP contribution in [0, 0.1) is 6.92 Å². The molecule has 0 aliphatic rings. The standard InChI is InChI=1S/C13H21NS/c1-4-15-10-12(3)14-9-13-7-5-11(2)6-8-13/h5-8,12,14H,4,9-10H2,1-3H3. The van der Waals surface area contributed by atoms with Crippen molar-refractivity contribution in [1.82, 2.24) is 5.32 Å². The fourth-order valence-electron chi connectivity index (χ4n) is 1.35. The number of thioether (sulfide) groups is 1. The molecule has 0 aromatic heterocycles. The number of benzene rings is 1. The molecule has 1 rings (SSSR count). The summed E-state index contributed by atoms with van der Waals surface area (Å²) in [5.41, 5.74) is 2.70. The van der Waals surface area contributed by atoms with Crippen molar-refractivity contribution >= 4 is 11.8 Å². The van der Waals surface area contributed by atoms with Crippen molar-refractivity contribution < 1.29 is 0 Å². The van der Waals surface area contributed by atoms with Gasteiger partial charge in [-0.3, -0.25) is 0 Å². The van der Waals surface area contributed by atoms with Gasteiger partial charge in [-0.1, -0.05) is 36.8 Å². The molecule has 1 N–H and O–H groups in total. The van der Waals surface area contributed by atoms with E-state index in [0.29, 0.717) is 6.04 Å². The first kappa shape index (κ1) is 12.6. The van der Waals surface area contributed by atoms with Gasteiger partial charge in [0.05, 0.1) is 0 Å². The van der Waals surface area contributed by atoms with E-state index in [1.54, 1.807) is 0 Å². The Morgan fingerprint density at radius 3 is 2.53 bits per heavy atom. The van der Waals surface area contributed by atoms with E-state index in [1.807, 2.05) is 11.8 Å². The summed E-state index contributed by atoms with van der Waals surface area (Å²) in [6.45, 7) is 7.55. The second kappa shape index (κ2) is 6.91. The van der Waals surface area contributed by atoms with Crippen LogP contribution in [0.3, 0.4) is 0 Å². The molecule has 0 heterocycles. The van der Waals surface area contributed by atoms with Crippen LogP contribution in [0.4, 0.5) is 0 Å². The third-order valence-corrected chi connectivity index (χ3v) is 3.49. The van der Waals surface area contributed by atoms with Crippen LogP contribution in [0.25, 0.3) is 0 Å². The van der Waals surface area contributed by atoms with Crippen LogP contribution in [0.15, 0.2) is 24.3 Å². The highest BCUT2D eigenvalue weighted by Crippen LogP contribution is 2.05. The minimum absolute atomic E-state index is 0.594. The van der Waals surface area contributed by atoms with Crippen molar-refractivity contribution in [3.63, 3.8) is 0 Å². The molecule has 0 aliphatic heterocycles. The summed E-state index contributed by atoms with van der Waals surface area (Å²) >= 11 is 1.99. The van der Waals surface area contributed by atoms with Crippen molar-refractivity contribution in [2.24, 2.45) is 0 Å². The zero-order chi connectivity index (χ0) is 11.1. The van der Waals surface area contributed by atoms with Gasteiger partial charge in [0.1, 0.15) is 0 Å².